The fourth-order valence-corrected chi connectivity index (χ4v) is 1.49. The van der Waals surface area contributed by atoms with Crippen molar-refractivity contribution in [2.75, 3.05) is 13.2 Å². The molecule has 0 unspecified atom stereocenters. The van der Waals surface area contributed by atoms with Gasteiger partial charge in [-0.25, -0.2) is 0 Å². The van der Waals surface area contributed by atoms with Gasteiger partial charge in [-0.05, 0) is 19.8 Å². The van der Waals surface area contributed by atoms with Crippen LogP contribution in [0.3, 0.4) is 0 Å². The molecular formula is C11H23NO3. The zero-order valence-corrected chi connectivity index (χ0v) is 9.54. The quantitative estimate of drug-likeness (QED) is 0.484. The summed E-state index contributed by atoms with van der Waals surface area (Å²) in [5, 5.41) is 20.2. The first kappa shape index (κ1) is 14.4. The predicted molar refractivity (Wildman–Crippen MR) is 59.9 cm³/mol. The summed E-state index contributed by atoms with van der Waals surface area (Å²) in [5.41, 5.74) is 0. The number of hydrogen-bond acceptors (Lipinski definition) is 3. The van der Waals surface area contributed by atoms with Crippen LogP contribution in [0.25, 0.3) is 0 Å². The molecule has 0 amide bonds. The number of aliphatic hydroxyl groups excluding tert-OH is 1. The van der Waals surface area contributed by atoms with Crippen LogP contribution >= 0.6 is 0 Å². The minimum atomic E-state index is -0.701. The van der Waals surface area contributed by atoms with Gasteiger partial charge in [0.05, 0.1) is 6.61 Å². The number of carbonyl (C=O) groups is 1. The third kappa shape index (κ3) is 11.3. The van der Waals surface area contributed by atoms with E-state index >= 15 is 0 Å². The predicted octanol–water partition coefficient (Wildman–Crippen LogP) is 1.38. The van der Waals surface area contributed by atoms with Crippen LogP contribution in [-0.4, -0.2) is 35.4 Å². The van der Waals surface area contributed by atoms with E-state index in [1.54, 1.807) is 0 Å². The molecule has 0 heterocycles. The Balaban J connectivity index is 3.12. The first-order valence-electron chi connectivity index (χ1n) is 5.73. The van der Waals surface area contributed by atoms with Crippen LogP contribution in [-0.2, 0) is 4.79 Å². The van der Waals surface area contributed by atoms with Gasteiger partial charge < -0.3 is 15.5 Å². The molecule has 3 N–H and O–H groups in total. The van der Waals surface area contributed by atoms with Gasteiger partial charge >= 0.3 is 5.97 Å². The molecule has 0 saturated heterocycles. The molecule has 0 bridgehead atoms. The van der Waals surface area contributed by atoms with Gasteiger partial charge in [0.15, 0.2) is 0 Å². The van der Waals surface area contributed by atoms with Gasteiger partial charge in [0.1, 0.15) is 0 Å². The number of nitrogens with one attached hydrogen (secondary N) is 1. The Hall–Kier alpha value is -0.610. The van der Waals surface area contributed by atoms with Crippen molar-refractivity contribution in [1.82, 2.24) is 5.32 Å². The van der Waals surface area contributed by atoms with Gasteiger partial charge in [-0.2, -0.15) is 0 Å². The highest BCUT2D eigenvalue weighted by atomic mass is 16.4. The molecule has 0 aromatic rings. The first-order valence-corrected chi connectivity index (χ1v) is 5.73. The largest absolute Gasteiger partial charge is 0.481 e. The molecular weight excluding hydrogens is 194 g/mol. The van der Waals surface area contributed by atoms with Crippen molar-refractivity contribution in [3.63, 3.8) is 0 Å². The molecule has 4 nitrogen and oxygen atoms in total. The van der Waals surface area contributed by atoms with Crippen LogP contribution < -0.4 is 5.32 Å². The molecule has 0 aliphatic rings. The van der Waals surface area contributed by atoms with Gasteiger partial charge in [0.2, 0.25) is 0 Å². The molecule has 0 rings (SSSR count). The average Bonchev–Trinajstić information content (AvgIpc) is 2.19. The Morgan fingerprint density at radius 2 is 1.93 bits per heavy atom. The third-order valence-corrected chi connectivity index (χ3v) is 2.38. The topological polar surface area (TPSA) is 69.6 Å². The lowest BCUT2D eigenvalue weighted by Crippen LogP contribution is -2.28. The normalized spacial score (nSPS) is 12.7. The fraction of sp³-hybridized carbons (Fsp3) is 0.909. The molecule has 0 saturated carbocycles. The Labute approximate surface area is 91.7 Å². The molecule has 0 aromatic heterocycles. The molecule has 0 fully saturated rings. The van der Waals surface area contributed by atoms with Crippen LogP contribution in [0.5, 0.6) is 0 Å². The van der Waals surface area contributed by atoms with E-state index in [1.165, 1.54) is 0 Å². The first-order chi connectivity index (χ1) is 7.16. The fourth-order valence-electron chi connectivity index (χ4n) is 1.49. The van der Waals surface area contributed by atoms with E-state index in [0.29, 0.717) is 12.6 Å². The van der Waals surface area contributed by atoms with Gasteiger partial charge in [-0.3, -0.25) is 4.79 Å². The Kier molecular flexibility index (Phi) is 9.52. The standard InChI is InChI=1S/C11H23NO3/c1-10(12-8-9-13)6-4-2-3-5-7-11(14)15/h10,12-13H,2-9H2,1H3,(H,14,15)/t10-/m1/s1. The van der Waals surface area contributed by atoms with Crippen LogP contribution in [0.2, 0.25) is 0 Å². The SMILES string of the molecule is C[C@H](CCCCCCC(=O)O)NCCO. The smallest absolute Gasteiger partial charge is 0.303 e. The van der Waals surface area contributed by atoms with Crippen molar-refractivity contribution in [2.45, 2.75) is 51.5 Å². The van der Waals surface area contributed by atoms with Crippen molar-refractivity contribution in [2.24, 2.45) is 0 Å². The average molecular weight is 217 g/mol. The number of hydrogen-bond donors (Lipinski definition) is 3. The molecule has 0 aliphatic heterocycles. The van der Waals surface area contributed by atoms with Crippen molar-refractivity contribution in [3.05, 3.63) is 0 Å². The summed E-state index contributed by atoms with van der Waals surface area (Å²) in [6.07, 6.45) is 5.38. The van der Waals surface area contributed by atoms with Crippen LogP contribution in [0, 0.1) is 0 Å². The van der Waals surface area contributed by atoms with Crippen molar-refractivity contribution in [3.8, 4) is 0 Å². The summed E-state index contributed by atoms with van der Waals surface area (Å²) in [7, 11) is 0. The van der Waals surface area contributed by atoms with E-state index in [1.807, 2.05) is 0 Å². The van der Waals surface area contributed by atoms with Crippen LogP contribution in [0.4, 0.5) is 0 Å². The molecule has 4 heteroatoms. The van der Waals surface area contributed by atoms with Crippen LogP contribution in [0.1, 0.15) is 45.4 Å². The second-order valence-corrected chi connectivity index (χ2v) is 3.93. The highest BCUT2D eigenvalue weighted by Crippen LogP contribution is 2.07. The Morgan fingerprint density at radius 1 is 1.27 bits per heavy atom. The van der Waals surface area contributed by atoms with Gasteiger partial charge in [0, 0.05) is 19.0 Å². The summed E-state index contributed by atoms with van der Waals surface area (Å²) in [4.78, 5) is 10.2. The summed E-state index contributed by atoms with van der Waals surface area (Å²) in [6.45, 7) is 2.94. The summed E-state index contributed by atoms with van der Waals surface area (Å²) >= 11 is 0. The lowest BCUT2D eigenvalue weighted by atomic mass is 10.1. The van der Waals surface area contributed by atoms with Crippen molar-refractivity contribution < 1.29 is 15.0 Å². The van der Waals surface area contributed by atoms with Gasteiger partial charge in [-0.15, -0.1) is 0 Å². The molecule has 0 aromatic carbocycles. The highest BCUT2D eigenvalue weighted by molar-refractivity contribution is 5.66. The number of rotatable bonds is 10. The lowest BCUT2D eigenvalue weighted by Gasteiger charge is -2.12. The second-order valence-electron chi connectivity index (χ2n) is 3.93. The molecule has 1 atom stereocenters. The monoisotopic (exact) mass is 217 g/mol. The van der Waals surface area contributed by atoms with E-state index < -0.39 is 5.97 Å². The Bertz CT molecular complexity index is 162. The highest BCUT2D eigenvalue weighted by Gasteiger charge is 2.00. The molecule has 0 radical (unpaired) electrons. The number of aliphatic carboxylic acids is 1. The maximum atomic E-state index is 10.2. The van der Waals surface area contributed by atoms with E-state index in [9.17, 15) is 4.79 Å². The van der Waals surface area contributed by atoms with E-state index in [2.05, 4.69) is 12.2 Å². The molecule has 0 aliphatic carbocycles. The maximum absolute atomic E-state index is 10.2. The zero-order valence-electron chi connectivity index (χ0n) is 9.54. The van der Waals surface area contributed by atoms with E-state index in [-0.39, 0.29) is 13.0 Å². The zero-order chi connectivity index (χ0) is 11.5. The minimum absolute atomic E-state index is 0.183. The van der Waals surface area contributed by atoms with Crippen molar-refractivity contribution >= 4 is 5.97 Å². The lowest BCUT2D eigenvalue weighted by molar-refractivity contribution is -0.137. The Morgan fingerprint density at radius 3 is 2.53 bits per heavy atom. The number of carboxylic acid groups (broad SMARTS) is 1. The minimum Gasteiger partial charge on any atom is -0.481 e. The van der Waals surface area contributed by atoms with Gasteiger partial charge in [-0.1, -0.05) is 19.3 Å². The third-order valence-electron chi connectivity index (χ3n) is 2.38. The number of carboxylic acids is 1. The summed E-state index contributed by atoms with van der Waals surface area (Å²) < 4.78 is 0. The second kappa shape index (κ2) is 9.93. The van der Waals surface area contributed by atoms with Crippen LogP contribution in [0.15, 0.2) is 0 Å². The van der Waals surface area contributed by atoms with Gasteiger partial charge in [0.25, 0.3) is 0 Å². The van der Waals surface area contributed by atoms with E-state index in [4.69, 9.17) is 10.2 Å². The summed E-state index contributed by atoms with van der Waals surface area (Å²) in [5.74, 6) is -0.701. The number of unbranched alkanes of at least 4 members (excludes halogenated alkanes) is 3. The van der Waals surface area contributed by atoms with Crippen molar-refractivity contribution in [1.29, 1.82) is 0 Å². The molecule has 90 valence electrons. The van der Waals surface area contributed by atoms with E-state index in [0.717, 1.165) is 32.1 Å². The summed E-state index contributed by atoms with van der Waals surface area (Å²) in [6, 6.07) is 0.441. The maximum Gasteiger partial charge on any atom is 0.303 e. The number of aliphatic hydroxyl groups is 1. The molecule has 0 spiro atoms. The molecule has 15 heavy (non-hydrogen) atoms.